The highest BCUT2D eigenvalue weighted by Gasteiger charge is 2.43. The SMILES string of the molecule is CC1(C(NC(=O)C2CN(SCCO)C2)c2c(F)ccc(Cl)c2Cl)CCCC1. The summed E-state index contributed by atoms with van der Waals surface area (Å²) in [4.78, 5) is 12.8. The first-order valence-electron chi connectivity index (χ1n) is 9.28. The molecule has 0 bridgehead atoms. The molecular formula is C19H25Cl2FN2O2S. The Morgan fingerprint density at radius 1 is 1.41 bits per heavy atom. The smallest absolute Gasteiger partial charge is 0.226 e. The van der Waals surface area contributed by atoms with Crippen LogP contribution in [0.5, 0.6) is 0 Å². The van der Waals surface area contributed by atoms with Crippen molar-refractivity contribution in [3.63, 3.8) is 0 Å². The topological polar surface area (TPSA) is 52.6 Å². The van der Waals surface area contributed by atoms with E-state index >= 15 is 0 Å². The van der Waals surface area contributed by atoms with Gasteiger partial charge < -0.3 is 10.4 Å². The van der Waals surface area contributed by atoms with Gasteiger partial charge in [-0.05, 0) is 30.4 Å². The molecule has 1 saturated carbocycles. The van der Waals surface area contributed by atoms with Crippen LogP contribution in [0.3, 0.4) is 0 Å². The third-order valence-corrected chi connectivity index (χ3v) is 7.53. The van der Waals surface area contributed by atoms with Gasteiger partial charge in [0.05, 0.1) is 28.6 Å². The van der Waals surface area contributed by atoms with Gasteiger partial charge in [-0.15, -0.1) is 0 Å². The van der Waals surface area contributed by atoms with E-state index in [0.717, 1.165) is 25.7 Å². The number of halogens is 3. The minimum absolute atomic E-state index is 0.0792. The molecule has 8 heteroatoms. The van der Waals surface area contributed by atoms with Crippen LogP contribution in [0.2, 0.25) is 10.0 Å². The van der Waals surface area contributed by atoms with Gasteiger partial charge in [-0.25, -0.2) is 8.70 Å². The summed E-state index contributed by atoms with van der Waals surface area (Å²) < 4.78 is 16.8. The van der Waals surface area contributed by atoms with Crippen LogP contribution in [-0.2, 0) is 4.79 Å². The Labute approximate surface area is 173 Å². The number of nitrogens with zero attached hydrogens (tertiary/aromatic N) is 1. The lowest BCUT2D eigenvalue weighted by atomic mass is 9.76. The second-order valence-electron chi connectivity index (χ2n) is 7.66. The van der Waals surface area contributed by atoms with Crippen molar-refractivity contribution in [1.82, 2.24) is 9.62 Å². The lowest BCUT2D eigenvalue weighted by Gasteiger charge is -2.41. The zero-order valence-electron chi connectivity index (χ0n) is 15.3. The zero-order chi connectivity index (χ0) is 19.6. The summed E-state index contributed by atoms with van der Waals surface area (Å²) in [6.07, 6.45) is 3.92. The summed E-state index contributed by atoms with van der Waals surface area (Å²) in [6, 6.07) is 2.26. The number of benzene rings is 1. The predicted molar refractivity (Wildman–Crippen MR) is 108 cm³/mol. The Hall–Kier alpha value is -0.530. The number of nitrogens with one attached hydrogen (secondary N) is 1. The molecule has 2 N–H and O–H groups in total. The maximum Gasteiger partial charge on any atom is 0.226 e. The van der Waals surface area contributed by atoms with Crippen molar-refractivity contribution >= 4 is 41.1 Å². The van der Waals surface area contributed by atoms with Crippen LogP contribution in [0, 0.1) is 17.2 Å². The second-order valence-corrected chi connectivity index (χ2v) is 9.63. The Bertz CT molecular complexity index is 695. The molecule has 1 aliphatic carbocycles. The van der Waals surface area contributed by atoms with E-state index in [-0.39, 0.29) is 28.9 Å². The van der Waals surface area contributed by atoms with Crippen molar-refractivity contribution < 1.29 is 14.3 Å². The number of hydrogen-bond donors (Lipinski definition) is 2. The van der Waals surface area contributed by atoms with Crippen LogP contribution in [0.4, 0.5) is 4.39 Å². The minimum atomic E-state index is -0.502. The van der Waals surface area contributed by atoms with Crippen molar-refractivity contribution in [2.24, 2.45) is 11.3 Å². The molecule has 1 heterocycles. The average molecular weight is 435 g/mol. The van der Waals surface area contributed by atoms with Gasteiger partial charge >= 0.3 is 0 Å². The summed E-state index contributed by atoms with van der Waals surface area (Å²) in [6.45, 7) is 3.47. The minimum Gasteiger partial charge on any atom is -0.395 e. The van der Waals surface area contributed by atoms with Gasteiger partial charge in [-0.2, -0.15) is 0 Å². The van der Waals surface area contributed by atoms with Crippen LogP contribution < -0.4 is 5.32 Å². The van der Waals surface area contributed by atoms with E-state index in [4.69, 9.17) is 28.3 Å². The number of amides is 1. The largest absolute Gasteiger partial charge is 0.395 e. The Balaban J connectivity index is 1.79. The first kappa shape index (κ1) is 21.2. The van der Waals surface area contributed by atoms with E-state index in [1.807, 2.05) is 0 Å². The number of hydrogen-bond acceptors (Lipinski definition) is 4. The lowest BCUT2D eigenvalue weighted by molar-refractivity contribution is -0.129. The molecular weight excluding hydrogens is 410 g/mol. The fourth-order valence-electron chi connectivity index (χ4n) is 4.01. The van der Waals surface area contributed by atoms with Gasteiger partial charge in [0.2, 0.25) is 5.91 Å². The van der Waals surface area contributed by atoms with Crippen LogP contribution in [-0.4, -0.2) is 40.8 Å². The molecule has 1 amide bonds. The summed E-state index contributed by atoms with van der Waals surface area (Å²) in [7, 11) is 0. The first-order chi connectivity index (χ1) is 12.9. The number of carbonyl (C=O) groups excluding carboxylic acids is 1. The van der Waals surface area contributed by atoms with Crippen molar-refractivity contribution in [3.05, 3.63) is 33.6 Å². The van der Waals surface area contributed by atoms with Gasteiger partial charge in [-0.3, -0.25) is 4.79 Å². The molecule has 1 aliphatic heterocycles. The van der Waals surface area contributed by atoms with Crippen molar-refractivity contribution in [2.75, 3.05) is 25.4 Å². The van der Waals surface area contributed by atoms with E-state index in [9.17, 15) is 9.18 Å². The second kappa shape index (κ2) is 8.87. The van der Waals surface area contributed by atoms with Crippen molar-refractivity contribution in [1.29, 1.82) is 0 Å². The number of rotatable bonds is 7. The zero-order valence-corrected chi connectivity index (χ0v) is 17.6. The molecule has 0 radical (unpaired) electrons. The van der Waals surface area contributed by atoms with Crippen molar-refractivity contribution in [2.45, 2.75) is 38.6 Å². The van der Waals surface area contributed by atoms with Gasteiger partial charge in [0.25, 0.3) is 0 Å². The molecule has 0 aromatic heterocycles. The number of carbonyl (C=O) groups is 1. The van der Waals surface area contributed by atoms with E-state index in [1.54, 1.807) is 0 Å². The predicted octanol–water partition coefficient (Wildman–Crippen LogP) is 4.44. The first-order valence-corrected chi connectivity index (χ1v) is 11.0. The van der Waals surface area contributed by atoms with E-state index in [2.05, 4.69) is 16.5 Å². The normalized spacial score (nSPS) is 21.1. The van der Waals surface area contributed by atoms with E-state index in [0.29, 0.717) is 29.4 Å². The Kier molecular flexibility index (Phi) is 6.96. The molecule has 2 fully saturated rings. The molecule has 1 saturated heterocycles. The highest BCUT2D eigenvalue weighted by Crippen LogP contribution is 2.50. The maximum atomic E-state index is 14.7. The monoisotopic (exact) mass is 434 g/mol. The number of aliphatic hydroxyl groups excluding tert-OH is 1. The molecule has 3 rings (SSSR count). The highest BCUT2D eigenvalue weighted by atomic mass is 35.5. The Morgan fingerprint density at radius 3 is 2.70 bits per heavy atom. The molecule has 4 nitrogen and oxygen atoms in total. The van der Waals surface area contributed by atoms with Gasteiger partial charge in [-0.1, -0.05) is 54.9 Å². The molecule has 27 heavy (non-hydrogen) atoms. The van der Waals surface area contributed by atoms with Crippen LogP contribution >= 0.6 is 35.1 Å². The summed E-state index contributed by atoms with van der Waals surface area (Å²) in [5.74, 6) is -0.0241. The quantitative estimate of drug-likeness (QED) is 0.491. The highest BCUT2D eigenvalue weighted by molar-refractivity contribution is 7.97. The lowest BCUT2D eigenvalue weighted by Crippen LogP contribution is -2.52. The number of aliphatic hydroxyl groups is 1. The van der Waals surface area contributed by atoms with Crippen LogP contribution in [0.1, 0.15) is 44.2 Å². The maximum absolute atomic E-state index is 14.7. The van der Waals surface area contributed by atoms with Crippen LogP contribution in [0.15, 0.2) is 12.1 Å². The molecule has 1 aromatic rings. The third-order valence-electron chi connectivity index (χ3n) is 5.68. The van der Waals surface area contributed by atoms with Crippen molar-refractivity contribution in [3.8, 4) is 0 Å². The summed E-state index contributed by atoms with van der Waals surface area (Å²) in [5.41, 5.74) is 0.0487. The fourth-order valence-corrected chi connectivity index (χ4v) is 5.35. The summed E-state index contributed by atoms with van der Waals surface area (Å²) >= 11 is 14.0. The average Bonchev–Trinajstić information content (AvgIpc) is 3.04. The molecule has 0 spiro atoms. The molecule has 1 unspecified atom stereocenters. The van der Waals surface area contributed by atoms with Crippen LogP contribution in [0.25, 0.3) is 0 Å². The van der Waals surface area contributed by atoms with E-state index in [1.165, 1.54) is 24.1 Å². The molecule has 2 aliphatic rings. The molecule has 1 aromatic carbocycles. The molecule has 1 atom stereocenters. The van der Waals surface area contributed by atoms with Gasteiger partial charge in [0.1, 0.15) is 5.82 Å². The standard InChI is InChI=1S/C19H25Cl2FN2O2S/c1-19(6-2-3-7-19)17(15-14(22)5-4-13(20)16(15)21)23-18(26)12-10-24(11-12)27-9-8-25/h4-5,12,17,25H,2-3,6-11H2,1H3,(H,23,26). The molecule has 150 valence electrons. The Morgan fingerprint density at radius 2 is 2.07 bits per heavy atom. The fraction of sp³-hybridized carbons (Fsp3) is 0.632. The third kappa shape index (κ3) is 4.56. The summed E-state index contributed by atoms with van der Waals surface area (Å²) in [5, 5.41) is 12.5. The van der Waals surface area contributed by atoms with E-state index < -0.39 is 11.9 Å². The van der Waals surface area contributed by atoms with Gasteiger partial charge in [0, 0.05) is 24.4 Å². The van der Waals surface area contributed by atoms with Gasteiger partial charge in [0.15, 0.2) is 0 Å².